The van der Waals surface area contributed by atoms with Gasteiger partial charge in [-0.3, -0.25) is 4.79 Å². The van der Waals surface area contributed by atoms with Gasteiger partial charge in [0.2, 0.25) is 0 Å². The van der Waals surface area contributed by atoms with Crippen LogP contribution in [0.15, 0.2) is 24.3 Å². The van der Waals surface area contributed by atoms with E-state index in [4.69, 9.17) is 10.8 Å². The van der Waals surface area contributed by atoms with Crippen LogP contribution in [0.1, 0.15) is 12.5 Å². The van der Waals surface area contributed by atoms with Crippen molar-refractivity contribution in [3.8, 4) is 0 Å². The van der Waals surface area contributed by atoms with Gasteiger partial charge in [-0.15, -0.1) is 0 Å². The Hall–Kier alpha value is -1.42. The van der Waals surface area contributed by atoms with Crippen LogP contribution in [0.2, 0.25) is 0 Å². The Morgan fingerprint density at radius 1 is 1.60 bits per heavy atom. The van der Waals surface area contributed by atoms with Crippen molar-refractivity contribution in [2.75, 3.05) is 0 Å². The Labute approximate surface area is 87.7 Å². The first-order chi connectivity index (χ1) is 7.00. The highest BCUT2D eigenvalue weighted by Crippen LogP contribution is 2.12. The summed E-state index contributed by atoms with van der Waals surface area (Å²) in [5.74, 6) is -1.56. The molecule has 0 aliphatic rings. The number of aliphatic carboxylic acids is 1. The molecule has 0 fully saturated rings. The molecule has 0 saturated heterocycles. The SMILES string of the molecule is C[C@@H](Cc1cccc(F)c1)[C@H](N)C(=O)O. The summed E-state index contributed by atoms with van der Waals surface area (Å²) in [5.41, 5.74) is 6.22. The first-order valence-electron chi connectivity index (χ1n) is 4.73. The molecule has 1 rings (SSSR count). The zero-order valence-corrected chi connectivity index (χ0v) is 8.48. The largest absolute Gasteiger partial charge is 0.480 e. The summed E-state index contributed by atoms with van der Waals surface area (Å²) in [6.45, 7) is 1.74. The maximum atomic E-state index is 12.8. The van der Waals surface area contributed by atoms with Crippen LogP contribution in [0.25, 0.3) is 0 Å². The minimum absolute atomic E-state index is 0.218. The lowest BCUT2D eigenvalue weighted by Crippen LogP contribution is -2.37. The number of carboxylic acids is 1. The molecule has 0 aliphatic heterocycles. The smallest absolute Gasteiger partial charge is 0.320 e. The maximum absolute atomic E-state index is 12.8. The zero-order valence-electron chi connectivity index (χ0n) is 8.48. The van der Waals surface area contributed by atoms with Gasteiger partial charge in [-0.1, -0.05) is 19.1 Å². The molecule has 0 spiro atoms. The van der Waals surface area contributed by atoms with Gasteiger partial charge in [-0.05, 0) is 30.0 Å². The number of hydrogen-bond donors (Lipinski definition) is 2. The third-order valence-corrected chi connectivity index (χ3v) is 2.34. The summed E-state index contributed by atoms with van der Waals surface area (Å²) in [7, 11) is 0. The molecule has 4 heteroatoms. The van der Waals surface area contributed by atoms with Gasteiger partial charge in [0, 0.05) is 0 Å². The highest BCUT2D eigenvalue weighted by atomic mass is 19.1. The van der Waals surface area contributed by atoms with E-state index in [1.54, 1.807) is 19.1 Å². The van der Waals surface area contributed by atoms with Crippen LogP contribution in [-0.4, -0.2) is 17.1 Å². The summed E-state index contributed by atoms with van der Waals surface area (Å²) >= 11 is 0. The van der Waals surface area contributed by atoms with E-state index in [0.717, 1.165) is 5.56 Å². The second-order valence-corrected chi connectivity index (χ2v) is 3.68. The van der Waals surface area contributed by atoms with Crippen molar-refractivity contribution in [1.82, 2.24) is 0 Å². The highest BCUT2D eigenvalue weighted by molar-refractivity contribution is 5.73. The van der Waals surface area contributed by atoms with E-state index in [9.17, 15) is 9.18 Å². The standard InChI is InChI=1S/C11H14FNO2/c1-7(10(13)11(14)15)5-8-3-2-4-9(12)6-8/h2-4,6-7,10H,5,13H2,1H3,(H,14,15)/t7-,10-/m0/s1. The minimum atomic E-state index is -1.03. The molecule has 0 saturated carbocycles. The first-order valence-corrected chi connectivity index (χ1v) is 4.73. The van der Waals surface area contributed by atoms with Crippen molar-refractivity contribution in [2.24, 2.45) is 11.7 Å². The Morgan fingerprint density at radius 3 is 2.80 bits per heavy atom. The lowest BCUT2D eigenvalue weighted by atomic mass is 9.94. The van der Waals surface area contributed by atoms with Crippen molar-refractivity contribution >= 4 is 5.97 Å². The van der Waals surface area contributed by atoms with Crippen molar-refractivity contribution in [3.05, 3.63) is 35.6 Å². The third kappa shape index (κ3) is 3.32. The van der Waals surface area contributed by atoms with Crippen LogP contribution in [0.4, 0.5) is 4.39 Å². The van der Waals surface area contributed by atoms with Gasteiger partial charge in [0.15, 0.2) is 0 Å². The normalized spacial score (nSPS) is 14.6. The van der Waals surface area contributed by atoms with Crippen LogP contribution in [-0.2, 0) is 11.2 Å². The predicted octanol–water partition coefficient (Wildman–Crippen LogP) is 1.42. The van der Waals surface area contributed by atoms with Gasteiger partial charge in [0.25, 0.3) is 0 Å². The third-order valence-electron chi connectivity index (χ3n) is 2.34. The van der Waals surface area contributed by atoms with Gasteiger partial charge < -0.3 is 10.8 Å². The maximum Gasteiger partial charge on any atom is 0.320 e. The second-order valence-electron chi connectivity index (χ2n) is 3.68. The topological polar surface area (TPSA) is 63.3 Å². The molecule has 0 radical (unpaired) electrons. The molecule has 0 heterocycles. The van der Waals surface area contributed by atoms with Crippen LogP contribution in [0.5, 0.6) is 0 Å². The average molecular weight is 211 g/mol. The number of rotatable bonds is 4. The number of nitrogens with two attached hydrogens (primary N) is 1. The van der Waals surface area contributed by atoms with E-state index in [-0.39, 0.29) is 11.7 Å². The molecule has 0 unspecified atom stereocenters. The molecule has 3 N–H and O–H groups in total. The summed E-state index contributed by atoms with van der Waals surface area (Å²) in [6.07, 6.45) is 0.464. The molecular weight excluding hydrogens is 197 g/mol. The van der Waals surface area contributed by atoms with Gasteiger partial charge in [0.1, 0.15) is 11.9 Å². The minimum Gasteiger partial charge on any atom is -0.480 e. The highest BCUT2D eigenvalue weighted by Gasteiger charge is 2.19. The first kappa shape index (κ1) is 11.7. The fourth-order valence-electron chi connectivity index (χ4n) is 1.41. The van der Waals surface area contributed by atoms with E-state index in [1.807, 2.05) is 0 Å². The lowest BCUT2D eigenvalue weighted by Gasteiger charge is -2.15. The molecule has 0 bridgehead atoms. The molecule has 1 aromatic rings. The van der Waals surface area contributed by atoms with Gasteiger partial charge in [-0.25, -0.2) is 4.39 Å². The van der Waals surface area contributed by atoms with Crippen molar-refractivity contribution < 1.29 is 14.3 Å². The van der Waals surface area contributed by atoms with Gasteiger partial charge >= 0.3 is 5.97 Å². The molecule has 15 heavy (non-hydrogen) atoms. The molecule has 1 aromatic carbocycles. The monoisotopic (exact) mass is 211 g/mol. The Bertz CT molecular complexity index is 354. The fraction of sp³-hybridized carbons (Fsp3) is 0.364. The van der Waals surface area contributed by atoms with Crippen molar-refractivity contribution in [3.63, 3.8) is 0 Å². The van der Waals surface area contributed by atoms with Crippen LogP contribution in [0, 0.1) is 11.7 Å². The Balaban J connectivity index is 2.66. The van der Waals surface area contributed by atoms with E-state index in [2.05, 4.69) is 0 Å². The number of carboxylic acid groups (broad SMARTS) is 1. The van der Waals surface area contributed by atoms with E-state index >= 15 is 0 Å². The number of carbonyl (C=O) groups is 1. The predicted molar refractivity (Wildman–Crippen MR) is 54.9 cm³/mol. The summed E-state index contributed by atoms with van der Waals surface area (Å²) < 4.78 is 12.8. The van der Waals surface area contributed by atoms with Crippen LogP contribution < -0.4 is 5.73 Å². The van der Waals surface area contributed by atoms with E-state index in [0.29, 0.717) is 6.42 Å². The summed E-state index contributed by atoms with van der Waals surface area (Å²) in [4.78, 5) is 10.6. The fourth-order valence-corrected chi connectivity index (χ4v) is 1.41. The molecule has 2 atom stereocenters. The van der Waals surface area contributed by atoms with Crippen LogP contribution >= 0.6 is 0 Å². The second kappa shape index (κ2) is 4.89. The van der Waals surface area contributed by atoms with Gasteiger partial charge in [0.05, 0.1) is 0 Å². The molecule has 0 aliphatic carbocycles. The number of hydrogen-bond acceptors (Lipinski definition) is 2. The van der Waals surface area contributed by atoms with Crippen molar-refractivity contribution in [2.45, 2.75) is 19.4 Å². The summed E-state index contributed by atoms with van der Waals surface area (Å²) in [6, 6.07) is 5.20. The molecule has 0 aromatic heterocycles. The molecular formula is C11H14FNO2. The molecule has 3 nitrogen and oxygen atoms in total. The Morgan fingerprint density at radius 2 is 2.27 bits per heavy atom. The summed E-state index contributed by atoms with van der Waals surface area (Å²) in [5, 5.41) is 8.69. The Kier molecular flexibility index (Phi) is 3.80. The quantitative estimate of drug-likeness (QED) is 0.791. The number of benzene rings is 1. The zero-order chi connectivity index (χ0) is 11.4. The molecule has 0 amide bonds. The van der Waals surface area contributed by atoms with Gasteiger partial charge in [-0.2, -0.15) is 0 Å². The van der Waals surface area contributed by atoms with Crippen LogP contribution in [0.3, 0.4) is 0 Å². The van der Waals surface area contributed by atoms with Crippen molar-refractivity contribution in [1.29, 1.82) is 0 Å². The van der Waals surface area contributed by atoms with E-state index < -0.39 is 12.0 Å². The van der Waals surface area contributed by atoms with E-state index in [1.165, 1.54) is 12.1 Å². The number of halogens is 1. The molecule has 82 valence electrons. The average Bonchev–Trinajstić information content (AvgIpc) is 2.16. The lowest BCUT2D eigenvalue weighted by molar-refractivity contribution is -0.139.